The van der Waals surface area contributed by atoms with Gasteiger partial charge in [0, 0.05) is 40.4 Å². The largest absolute Gasteiger partial charge is 0.379 e. The molecule has 1 atom stereocenters. The van der Waals surface area contributed by atoms with E-state index in [1.807, 2.05) is 0 Å². The summed E-state index contributed by atoms with van der Waals surface area (Å²) < 4.78 is 11.1. The molecule has 2 N–H and O–H groups in total. The Morgan fingerprint density at radius 1 is 1.19 bits per heavy atom. The fraction of sp³-hybridized carbons (Fsp3) is 0.895. The van der Waals surface area contributed by atoms with Crippen LogP contribution in [0.1, 0.15) is 44.9 Å². The van der Waals surface area contributed by atoms with Crippen molar-refractivity contribution in [2.45, 2.75) is 51.0 Å². The van der Waals surface area contributed by atoms with Crippen molar-refractivity contribution in [3.63, 3.8) is 0 Å². The van der Waals surface area contributed by atoms with Crippen LogP contribution in [0.25, 0.3) is 0 Å². The molecule has 0 bridgehead atoms. The number of ether oxygens (including phenoxy) is 2. The van der Waals surface area contributed by atoms with E-state index in [0.717, 1.165) is 45.1 Å². The highest BCUT2D eigenvalue weighted by molar-refractivity contribution is 5.84. The molecule has 1 amide bonds. The molecule has 0 aromatic rings. The van der Waals surface area contributed by atoms with Crippen molar-refractivity contribution in [1.29, 1.82) is 0 Å². The Morgan fingerprint density at radius 2 is 2.00 bits per heavy atom. The number of rotatable bonds is 9. The van der Waals surface area contributed by atoms with Crippen LogP contribution in [0.5, 0.6) is 0 Å². The SMILES string of the molecule is CN(C)C(=O)CN=C(NCCCOC1CCOC1)NCC1CCCCC1. The quantitative estimate of drug-likeness (QED) is 0.365. The van der Waals surface area contributed by atoms with E-state index in [-0.39, 0.29) is 18.6 Å². The third kappa shape index (κ3) is 8.36. The molecule has 0 spiro atoms. The van der Waals surface area contributed by atoms with Gasteiger partial charge in [-0.1, -0.05) is 19.3 Å². The van der Waals surface area contributed by atoms with Crippen LogP contribution in [0.3, 0.4) is 0 Å². The average Bonchev–Trinajstić information content (AvgIpc) is 3.17. The van der Waals surface area contributed by atoms with Crippen molar-refractivity contribution >= 4 is 11.9 Å². The van der Waals surface area contributed by atoms with E-state index in [0.29, 0.717) is 12.5 Å². The van der Waals surface area contributed by atoms with Crippen molar-refractivity contribution in [2.24, 2.45) is 10.9 Å². The summed E-state index contributed by atoms with van der Waals surface area (Å²) in [6.45, 7) is 4.12. The number of guanidine groups is 1. The molecule has 26 heavy (non-hydrogen) atoms. The number of nitrogens with zero attached hydrogens (tertiary/aromatic N) is 2. The predicted octanol–water partition coefficient (Wildman–Crippen LogP) is 1.39. The zero-order valence-corrected chi connectivity index (χ0v) is 16.5. The number of hydrogen-bond acceptors (Lipinski definition) is 4. The van der Waals surface area contributed by atoms with Gasteiger partial charge in [-0.3, -0.25) is 4.79 Å². The zero-order valence-electron chi connectivity index (χ0n) is 16.5. The van der Waals surface area contributed by atoms with Gasteiger partial charge in [-0.15, -0.1) is 0 Å². The van der Waals surface area contributed by atoms with Gasteiger partial charge in [0.1, 0.15) is 6.54 Å². The van der Waals surface area contributed by atoms with E-state index in [4.69, 9.17) is 9.47 Å². The van der Waals surface area contributed by atoms with Gasteiger partial charge in [0.25, 0.3) is 0 Å². The Balaban J connectivity index is 1.69. The molecular weight excluding hydrogens is 332 g/mol. The first-order valence-corrected chi connectivity index (χ1v) is 10.1. The molecule has 1 heterocycles. The predicted molar refractivity (Wildman–Crippen MR) is 103 cm³/mol. The molecule has 7 nitrogen and oxygen atoms in total. The number of aliphatic imine (C=N–C) groups is 1. The molecule has 2 fully saturated rings. The van der Waals surface area contributed by atoms with E-state index < -0.39 is 0 Å². The van der Waals surface area contributed by atoms with Gasteiger partial charge in [0.2, 0.25) is 5.91 Å². The number of amides is 1. The summed E-state index contributed by atoms with van der Waals surface area (Å²) in [4.78, 5) is 17.8. The molecule has 2 aliphatic rings. The number of likely N-dealkylation sites (N-methyl/N-ethyl adjacent to an activating group) is 1. The summed E-state index contributed by atoms with van der Waals surface area (Å²) in [6, 6.07) is 0. The Bertz CT molecular complexity index is 431. The lowest BCUT2D eigenvalue weighted by molar-refractivity contribution is -0.127. The van der Waals surface area contributed by atoms with E-state index in [1.165, 1.54) is 32.1 Å². The Labute approximate surface area is 157 Å². The topological polar surface area (TPSA) is 75.2 Å². The van der Waals surface area contributed by atoms with Crippen LogP contribution in [0, 0.1) is 5.92 Å². The van der Waals surface area contributed by atoms with E-state index in [9.17, 15) is 4.79 Å². The second-order valence-electron chi connectivity index (χ2n) is 7.47. The highest BCUT2D eigenvalue weighted by Gasteiger charge is 2.16. The maximum atomic E-state index is 11.8. The van der Waals surface area contributed by atoms with E-state index >= 15 is 0 Å². The molecule has 1 aliphatic heterocycles. The lowest BCUT2D eigenvalue weighted by Gasteiger charge is -2.23. The van der Waals surface area contributed by atoms with Crippen molar-refractivity contribution < 1.29 is 14.3 Å². The van der Waals surface area contributed by atoms with Crippen LogP contribution in [0.2, 0.25) is 0 Å². The van der Waals surface area contributed by atoms with E-state index in [1.54, 1.807) is 19.0 Å². The fourth-order valence-electron chi connectivity index (χ4n) is 3.27. The molecule has 0 aromatic heterocycles. The monoisotopic (exact) mass is 368 g/mol. The summed E-state index contributed by atoms with van der Waals surface area (Å²) in [5.41, 5.74) is 0. The summed E-state index contributed by atoms with van der Waals surface area (Å²) in [7, 11) is 3.51. The van der Waals surface area contributed by atoms with Crippen LogP contribution in [0.15, 0.2) is 4.99 Å². The van der Waals surface area contributed by atoms with Gasteiger partial charge in [-0.2, -0.15) is 0 Å². The van der Waals surface area contributed by atoms with Gasteiger partial charge in [0.05, 0.1) is 12.7 Å². The van der Waals surface area contributed by atoms with Crippen molar-refractivity contribution in [1.82, 2.24) is 15.5 Å². The van der Waals surface area contributed by atoms with Gasteiger partial charge in [0.15, 0.2) is 5.96 Å². The van der Waals surface area contributed by atoms with Gasteiger partial charge in [-0.25, -0.2) is 4.99 Å². The van der Waals surface area contributed by atoms with Gasteiger partial charge in [-0.05, 0) is 31.6 Å². The summed E-state index contributed by atoms with van der Waals surface area (Å²) in [6.07, 6.45) is 8.74. The van der Waals surface area contributed by atoms with Crippen molar-refractivity contribution in [3.8, 4) is 0 Å². The van der Waals surface area contributed by atoms with E-state index in [2.05, 4.69) is 15.6 Å². The van der Waals surface area contributed by atoms with Crippen molar-refractivity contribution in [2.75, 3.05) is 53.6 Å². The Hall–Kier alpha value is -1.34. The maximum Gasteiger partial charge on any atom is 0.243 e. The highest BCUT2D eigenvalue weighted by Crippen LogP contribution is 2.22. The van der Waals surface area contributed by atoms with Crippen LogP contribution < -0.4 is 10.6 Å². The average molecular weight is 369 g/mol. The first-order chi connectivity index (χ1) is 12.6. The number of carbonyl (C=O) groups is 1. The number of hydrogen-bond donors (Lipinski definition) is 2. The van der Waals surface area contributed by atoms with Crippen molar-refractivity contribution in [3.05, 3.63) is 0 Å². The molecule has 2 rings (SSSR count). The molecule has 150 valence electrons. The lowest BCUT2D eigenvalue weighted by atomic mass is 9.89. The molecule has 1 unspecified atom stereocenters. The zero-order chi connectivity index (χ0) is 18.6. The molecule has 0 radical (unpaired) electrons. The standard InChI is InChI=1S/C19H36N4O3/c1-23(2)18(24)14-22-19(21-13-16-7-4-3-5-8-16)20-10-6-11-26-17-9-12-25-15-17/h16-17H,3-15H2,1-2H3,(H2,20,21,22). The first kappa shape index (κ1) is 21.0. The second kappa shape index (κ2) is 12.1. The van der Waals surface area contributed by atoms with Crippen LogP contribution >= 0.6 is 0 Å². The smallest absolute Gasteiger partial charge is 0.243 e. The highest BCUT2D eigenvalue weighted by atomic mass is 16.5. The lowest BCUT2D eigenvalue weighted by Crippen LogP contribution is -2.41. The van der Waals surface area contributed by atoms with Gasteiger partial charge < -0.3 is 25.0 Å². The fourth-order valence-corrected chi connectivity index (χ4v) is 3.27. The minimum Gasteiger partial charge on any atom is -0.379 e. The summed E-state index contributed by atoms with van der Waals surface area (Å²) >= 11 is 0. The molecule has 1 saturated carbocycles. The van der Waals surface area contributed by atoms with Crippen LogP contribution in [-0.2, 0) is 14.3 Å². The van der Waals surface area contributed by atoms with Crippen LogP contribution in [-0.4, -0.2) is 76.4 Å². The van der Waals surface area contributed by atoms with Gasteiger partial charge >= 0.3 is 0 Å². The van der Waals surface area contributed by atoms with Crippen LogP contribution in [0.4, 0.5) is 0 Å². The third-order valence-electron chi connectivity index (χ3n) is 5.01. The molecular formula is C19H36N4O3. The molecule has 1 saturated heterocycles. The second-order valence-corrected chi connectivity index (χ2v) is 7.47. The molecule has 7 heteroatoms. The summed E-state index contributed by atoms with van der Waals surface area (Å²) in [5, 5.41) is 6.76. The maximum absolute atomic E-state index is 11.8. The first-order valence-electron chi connectivity index (χ1n) is 10.1. The summed E-state index contributed by atoms with van der Waals surface area (Å²) in [5.74, 6) is 1.45. The molecule has 1 aliphatic carbocycles. The third-order valence-corrected chi connectivity index (χ3v) is 5.01. The Kier molecular flexibility index (Phi) is 9.77. The minimum absolute atomic E-state index is 0.00772. The Morgan fingerprint density at radius 3 is 2.69 bits per heavy atom. The number of nitrogens with one attached hydrogen (secondary N) is 2. The normalized spacial score (nSPS) is 21.6. The minimum atomic E-state index is 0.00772. The molecule has 0 aromatic carbocycles. The number of carbonyl (C=O) groups excluding carboxylic acids is 1.